The lowest BCUT2D eigenvalue weighted by Crippen LogP contribution is -1.85. The molecule has 0 heterocycles. The van der Waals surface area contributed by atoms with Crippen LogP contribution in [0, 0.1) is 0 Å². The van der Waals surface area contributed by atoms with Crippen molar-refractivity contribution >= 4 is 32.3 Å². The van der Waals surface area contributed by atoms with Gasteiger partial charge in [0.2, 0.25) is 0 Å². The smallest absolute Gasteiger partial charge is 0.126 e. The summed E-state index contributed by atoms with van der Waals surface area (Å²) < 4.78 is 5.53. The Morgan fingerprint density at radius 2 is 1.40 bits per heavy atom. The summed E-state index contributed by atoms with van der Waals surface area (Å²) in [6.45, 7) is 0. The third kappa shape index (κ3) is 1.01. The van der Waals surface area contributed by atoms with Gasteiger partial charge in [-0.3, -0.25) is 0 Å². The fraction of sp³-hybridized carbons (Fsp3) is 0.0526. The number of methoxy groups -OCH3 is 1. The summed E-state index contributed by atoms with van der Waals surface area (Å²) in [5.74, 6) is 0.954. The van der Waals surface area contributed by atoms with E-state index in [0.717, 1.165) is 5.75 Å². The van der Waals surface area contributed by atoms with Gasteiger partial charge in [-0.1, -0.05) is 42.5 Å². The quantitative estimate of drug-likeness (QED) is 0.377. The highest BCUT2D eigenvalue weighted by Crippen LogP contribution is 2.49. The molecule has 0 aromatic heterocycles. The minimum atomic E-state index is 0.954. The third-order valence-corrected chi connectivity index (χ3v) is 4.47. The normalized spacial score (nSPS) is 12.2. The number of ether oxygens (including phenoxy) is 1. The second-order valence-electron chi connectivity index (χ2n) is 5.37. The highest BCUT2D eigenvalue weighted by Gasteiger charge is 2.21. The number of benzene rings is 4. The molecule has 0 radical (unpaired) electrons. The van der Waals surface area contributed by atoms with Crippen LogP contribution in [0.2, 0.25) is 0 Å². The van der Waals surface area contributed by atoms with Crippen LogP contribution in [0.3, 0.4) is 0 Å². The summed E-state index contributed by atoms with van der Waals surface area (Å²) in [5, 5.41) is 7.94. The van der Waals surface area contributed by atoms with Crippen LogP contribution >= 0.6 is 0 Å². The predicted octanol–water partition coefficient (Wildman–Crippen LogP) is 5.14. The second-order valence-corrected chi connectivity index (χ2v) is 5.37. The minimum Gasteiger partial charge on any atom is -0.496 e. The van der Waals surface area contributed by atoms with Gasteiger partial charge in [-0.2, -0.15) is 0 Å². The first-order valence-electron chi connectivity index (χ1n) is 6.84. The largest absolute Gasteiger partial charge is 0.496 e. The van der Waals surface area contributed by atoms with E-state index in [9.17, 15) is 0 Å². The first-order valence-corrected chi connectivity index (χ1v) is 6.84. The van der Waals surface area contributed by atoms with E-state index in [2.05, 4.69) is 54.6 Å². The molecule has 0 spiro atoms. The molecule has 4 aromatic rings. The molecule has 0 aliphatic heterocycles. The lowest BCUT2D eigenvalue weighted by molar-refractivity contribution is 0.420. The van der Waals surface area contributed by atoms with Crippen molar-refractivity contribution in [3.05, 3.63) is 54.6 Å². The highest BCUT2D eigenvalue weighted by atomic mass is 16.5. The van der Waals surface area contributed by atoms with E-state index in [1.165, 1.54) is 43.4 Å². The predicted molar refractivity (Wildman–Crippen MR) is 84.5 cm³/mol. The Bertz CT molecular complexity index is 1030. The van der Waals surface area contributed by atoms with Gasteiger partial charge in [-0.15, -0.1) is 0 Å². The molecule has 0 saturated carbocycles. The lowest BCUT2D eigenvalue weighted by Gasteiger charge is -2.08. The molecule has 0 bridgehead atoms. The van der Waals surface area contributed by atoms with Crippen molar-refractivity contribution < 1.29 is 4.74 Å². The van der Waals surface area contributed by atoms with Gasteiger partial charge in [0.1, 0.15) is 5.75 Å². The van der Waals surface area contributed by atoms with Gasteiger partial charge in [0.25, 0.3) is 0 Å². The van der Waals surface area contributed by atoms with E-state index < -0.39 is 0 Å². The average Bonchev–Trinajstić information content (AvgIpc) is 2.85. The van der Waals surface area contributed by atoms with Crippen LogP contribution in [0.15, 0.2) is 54.6 Å². The first-order chi connectivity index (χ1) is 9.88. The standard InChI is InChI=1S/C19H12O/c1-20-16-10-9-14-13-4-2-3-11-5-6-12-7-8-15(16)19(14)18(12)17(11)13/h2-10H,1H3. The zero-order valence-electron chi connectivity index (χ0n) is 11.1. The van der Waals surface area contributed by atoms with E-state index in [0.29, 0.717) is 0 Å². The molecule has 94 valence electrons. The van der Waals surface area contributed by atoms with Crippen molar-refractivity contribution in [1.29, 1.82) is 0 Å². The Hall–Kier alpha value is -2.54. The van der Waals surface area contributed by atoms with E-state index in [-0.39, 0.29) is 0 Å². The summed E-state index contributed by atoms with van der Waals surface area (Å²) in [5.41, 5.74) is 2.68. The average molecular weight is 256 g/mol. The molecule has 1 aliphatic carbocycles. The Balaban J connectivity index is 2.20. The maximum absolute atomic E-state index is 5.53. The molecule has 5 rings (SSSR count). The maximum atomic E-state index is 5.53. The zero-order valence-corrected chi connectivity index (χ0v) is 11.1. The summed E-state index contributed by atoms with van der Waals surface area (Å²) in [6, 6.07) is 19.6. The van der Waals surface area contributed by atoms with E-state index >= 15 is 0 Å². The van der Waals surface area contributed by atoms with Gasteiger partial charge in [0, 0.05) is 10.8 Å². The zero-order chi connectivity index (χ0) is 13.3. The monoisotopic (exact) mass is 256 g/mol. The molecule has 1 heteroatoms. The van der Waals surface area contributed by atoms with E-state index in [1.54, 1.807) is 7.11 Å². The molecule has 0 amide bonds. The molecular formula is C19H12O. The lowest BCUT2D eigenvalue weighted by atomic mass is 10.0. The van der Waals surface area contributed by atoms with E-state index in [4.69, 9.17) is 4.74 Å². The van der Waals surface area contributed by atoms with Gasteiger partial charge in [0.15, 0.2) is 0 Å². The van der Waals surface area contributed by atoms with Crippen molar-refractivity contribution in [2.75, 3.05) is 7.11 Å². The molecular weight excluding hydrogens is 244 g/mol. The number of hydrogen-bond acceptors (Lipinski definition) is 1. The number of fused-ring (bicyclic) bond motifs is 1. The Kier molecular flexibility index (Phi) is 1.70. The molecule has 1 aliphatic rings. The van der Waals surface area contributed by atoms with Crippen molar-refractivity contribution in [2.45, 2.75) is 0 Å². The summed E-state index contributed by atoms with van der Waals surface area (Å²) in [6.07, 6.45) is 0. The molecule has 0 saturated heterocycles. The highest BCUT2D eigenvalue weighted by molar-refractivity contribution is 6.33. The Morgan fingerprint density at radius 1 is 0.650 bits per heavy atom. The van der Waals surface area contributed by atoms with Crippen LogP contribution in [0.25, 0.3) is 43.4 Å². The molecule has 0 fully saturated rings. The molecule has 0 atom stereocenters. The number of hydrogen-bond donors (Lipinski definition) is 0. The number of rotatable bonds is 1. The van der Waals surface area contributed by atoms with Crippen LogP contribution < -0.4 is 4.74 Å². The topological polar surface area (TPSA) is 9.23 Å². The second kappa shape index (κ2) is 3.31. The molecule has 4 aromatic carbocycles. The van der Waals surface area contributed by atoms with Gasteiger partial charge >= 0.3 is 0 Å². The summed E-state index contributed by atoms with van der Waals surface area (Å²) in [4.78, 5) is 0. The molecule has 1 nitrogen and oxygen atoms in total. The van der Waals surface area contributed by atoms with Gasteiger partial charge in [0.05, 0.1) is 7.11 Å². The summed E-state index contributed by atoms with van der Waals surface area (Å²) >= 11 is 0. The summed E-state index contributed by atoms with van der Waals surface area (Å²) in [7, 11) is 1.74. The van der Waals surface area contributed by atoms with Crippen LogP contribution in [0.1, 0.15) is 0 Å². The van der Waals surface area contributed by atoms with Crippen molar-refractivity contribution in [3.8, 4) is 16.9 Å². The molecule has 0 unspecified atom stereocenters. The van der Waals surface area contributed by atoms with Gasteiger partial charge < -0.3 is 4.74 Å². The molecule has 20 heavy (non-hydrogen) atoms. The van der Waals surface area contributed by atoms with Crippen LogP contribution in [0.4, 0.5) is 0 Å². The Morgan fingerprint density at radius 3 is 2.25 bits per heavy atom. The fourth-order valence-corrected chi connectivity index (χ4v) is 3.64. The van der Waals surface area contributed by atoms with Crippen molar-refractivity contribution in [3.63, 3.8) is 0 Å². The van der Waals surface area contributed by atoms with Crippen LogP contribution in [0.5, 0.6) is 5.75 Å². The minimum absolute atomic E-state index is 0.954. The Labute approximate surface area is 116 Å². The third-order valence-electron chi connectivity index (χ3n) is 4.47. The fourth-order valence-electron chi connectivity index (χ4n) is 3.64. The maximum Gasteiger partial charge on any atom is 0.126 e. The SMILES string of the molecule is COc1ccc2c3c1ccc1ccc4cccc-2c4c13. The first kappa shape index (κ1) is 10.3. The van der Waals surface area contributed by atoms with Crippen LogP contribution in [-0.4, -0.2) is 7.11 Å². The van der Waals surface area contributed by atoms with E-state index in [1.807, 2.05) is 0 Å². The van der Waals surface area contributed by atoms with Crippen LogP contribution in [-0.2, 0) is 0 Å². The van der Waals surface area contributed by atoms with Crippen molar-refractivity contribution in [1.82, 2.24) is 0 Å². The molecule has 0 N–H and O–H groups in total. The van der Waals surface area contributed by atoms with Crippen molar-refractivity contribution in [2.24, 2.45) is 0 Å². The van der Waals surface area contributed by atoms with Gasteiger partial charge in [-0.05, 0) is 44.8 Å². The van der Waals surface area contributed by atoms with Gasteiger partial charge in [-0.25, -0.2) is 0 Å².